The van der Waals surface area contributed by atoms with Gasteiger partial charge in [-0.3, -0.25) is 0 Å². The molecule has 0 fully saturated rings. The number of para-hydroxylation sites is 2. The molecule has 0 aromatic heterocycles. The molecule has 2 rings (SSSR count). The minimum atomic E-state index is 0.639. The van der Waals surface area contributed by atoms with Gasteiger partial charge in [0, 0.05) is 11.4 Å². The maximum atomic E-state index is 5.47. The molecule has 2 aromatic carbocycles. The lowest BCUT2D eigenvalue weighted by atomic mass is 10.0. The summed E-state index contributed by atoms with van der Waals surface area (Å²) in [5.74, 6) is 0. The molecular formula is C18H22N2S. The average molecular weight is 298 g/mol. The van der Waals surface area contributed by atoms with Gasteiger partial charge in [0.2, 0.25) is 0 Å². The first kappa shape index (κ1) is 15.5. The highest BCUT2D eigenvalue weighted by molar-refractivity contribution is 7.80. The summed E-state index contributed by atoms with van der Waals surface area (Å²) in [6, 6.07) is 14.6. The van der Waals surface area contributed by atoms with Gasteiger partial charge in [-0.05, 0) is 54.7 Å². The fourth-order valence-electron chi connectivity index (χ4n) is 2.38. The lowest BCUT2D eigenvalue weighted by Gasteiger charge is -2.17. The third kappa shape index (κ3) is 3.82. The molecule has 0 amide bonds. The van der Waals surface area contributed by atoms with Gasteiger partial charge < -0.3 is 10.6 Å². The number of aryl methyl sites for hydroxylation is 3. The van der Waals surface area contributed by atoms with Crippen LogP contribution in [0.1, 0.15) is 30.5 Å². The Morgan fingerprint density at radius 2 is 1.52 bits per heavy atom. The first-order valence-electron chi connectivity index (χ1n) is 7.40. The second kappa shape index (κ2) is 7.23. The third-order valence-electron chi connectivity index (χ3n) is 3.63. The van der Waals surface area contributed by atoms with E-state index in [1.807, 2.05) is 18.2 Å². The quantitative estimate of drug-likeness (QED) is 0.783. The molecule has 0 aliphatic rings. The summed E-state index contributed by atoms with van der Waals surface area (Å²) < 4.78 is 0. The number of benzene rings is 2. The van der Waals surface area contributed by atoms with E-state index in [2.05, 4.69) is 55.7 Å². The zero-order valence-electron chi connectivity index (χ0n) is 12.9. The van der Waals surface area contributed by atoms with Crippen molar-refractivity contribution in [3.05, 3.63) is 59.2 Å². The van der Waals surface area contributed by atoms with E-state index in [-0.39, 0.29) is 0 Å². The highest BCUT2D eigenvalue weighted by Gasteiger charge is 2.08. The van der Waals surface area contributed by atoms with Gasteiger partial charge in [-0.2, -0.15) is 0 Å². The summed E-state index contributed by atoms with van der Waals surface area (Å²) in [5, 5.41) is 7.30. The molecule has 2 nitrogen and oxygen atoms in total. The molecule has 0 unspecified atom stereocenters. The molecule has 0 aliphatic carbocycles. The van der Waals surface area contributed by atoms with Gasteiger partial charge in [0.05, 0.1) is 0 Å². The molecule has 21 heavy (non-hydrogen) atoms. The Bertz CT molecular complexity index is 613. The highest BCUT2D eigenvalue weighted by atomic mass is 32.1. The maximum absolute atomic E-state index is 5.47. The molecule has 0 radical (unpaired) electrons. The van der Waals surface area contributed by atoms with Gasteiger partial charge in [0.1, 0.15) is 0 Å². The standard InChI is InChI=1S/C18H22N2S/c1-4-14-10-8-11-15(5-2)17(14)20-18(21)19-16-12-7-6-9-13(16)3/h6-12H,4-5H2,1-3H3,(H2,19,20,21). The zero-order chi connectivity index (χ0) is 15.2. The summed E-state index contributed by atoms with van der Waals surface area (Å²) >= 11 is 5.47. The van der Waals surface area contributed by atoms with E-state index in [1.165, 1.54) is 16.7 Å². The van der Waals surface area contributed by atoms with E-state index >= 15 is 0 Å². The molecule has 2 N–H and O–H groups in total. The first-order valence-corrected chi connectivity index (χ1v) is 7.81. The van der Waals surface area contributed by atoms with Crippen LogP contribution in [-0.2, 0) is 12.8 Å². The fourth-order valence-corrected chi connectivity index (χ4v) is 2.60. The smallest absolute Gasteiger partial charge is 0.175 e. The maximum Gasteiger partial charge on any atom is 0.175 e. The second-order valence-electron chi connectivity index (χ2n) is 5.05. The molecule has 2 aromatic rings. The van der Waals surface area contributed by atoms with Crippen molar-refractivity contribution in [2.24, 2.45) is 0 Å². The lowest BCUT2D eigenvalue weighted by molar-refractivity contribution is 1.09. The third-order valence-corrected chi connectivity index (χ3v) is 3.83. The first-order chi connectivity index (χ1) is 10.2. The van der Waals surface area contributed by atoms with E-state index in [1.54, 1.807) is 0 Å². The van der Waals surface area contributed by atoms with Crippen LogP contribution in [0.2, 0.25) is 0 Å². The Morgan fingerprint density at radius 1 is 0.905 bits per heavy atom. The minimum absolute atomic E-state index is 0.639. The molecule has 0 saturated heterocycles. The molecule has 110 valence electrons. The predicted octanol–water partition coefficient (Wildman–Crippen LogP) is 4.93. The zero-order valence-corrected chi connectivity index (χ0v) is 13.7. The SMILES string of the molecule is CCc1cccc(CC)c1NC(=S)Nc1ccccc1C. The van der Waals surface area contributed by atoms with Crippen LogP contribution < -0.4 is 10.6 Å². The number of hydrogen-bond donors (Lipinski definition) is 2. The van der Waals surface area contributed by atoms with Crippen molar-refractivity contribution < 1.29 is 0 Å². The van der Waals surface area contributed by atoms with Gasteiger partial charge >= 0.3 is 0 Å². The molecule has 0 spiro atoms. The largest absolute Gasteiger partial charge is 0.332 e. The van der Waals surface area contributed by atoms with E-state index in [9.17, 15) is 0 Å². The van der Waals surface area contributed by atoms with Crippen LogP contribution in [0.3, 0.4) is 0 Å². The van der Waals surface area contributed by atoms with Crippen LogP contribution in [0, 0.1) is 6.92 Å². The van der Waals surface area contributed by atoms with Crippen molar-refractivity contribution in [2.75, 3.05) is 10.6 Å². The highest BCUT2D eigenvalue weighted by Crippen LogP contribution is 2.23. The summed E-state index contributed by atoms with van der Waals surface area (Å²) in [7, 11) is 0. The van der Waals surface area contributed by atoms with Crippen molar-refractivity contribution >= 4 is 28.7 Å². The van der Waals surface area contributed by atoms with Crippen LogP contribution in [-0.4, -0.2) is 5.11 Å². The van der Waals surface area contributed by atoms with Crippen molar-refractivity contribution in [3.8, 4) is 0 Å². The summed E-state index contributed by atoms with van der Waals surface area (Å²) in [4.78, 5) is 0. The average Bonchev–Trinajstić information content (AvgIpc) is 2.49. The number of anilines is 2. The Kier molecular flexibility index (Phi) is 5.34. The Labute approximate surface area is 132 Å². The number of thiocarbonyl (C=S) groups is 1. The van der Waals surface area contributed by atoms with E-state index < -0.39 is 0 Å². The minimum Gasteiger partial charge on any atom is -0.332 e. The lowest BCUT2D eigenvalue weighted by Crippen LogP contribution is -2.21. The Hall–Kier alpha value is -1.87. The van der Waals surface area contributed by atoms with Crippen LogP contribution in [0.25, 0.3) is 0 Å². The normalized spacial score (nSPS) is 10.2. The van der Waals surface area contributed by atoms with Crippen molar-refractivity contribution in [2.45, 2.75) is 33.6 Å². The van der Waals surface area contributed by atoms with Gasteiger partial charge in [-0.1, -0.05) is 50.2 Å². The van der Waals surface area contributed by atoms with E-state index in [0.717, 1.165) is 24.2 Å². The molecule has 0 aliphatic heterocycles. The molecular weight excluding hydrogens is 276 g/mol. The second-order valence-corrected chi connectivity index (χ2v) is 5.46. The van der Waals surface area contributed by atoms with Crippen LogP contribution in [0.4, 0.5) is 11.4 Å². The monoisotopic (exact) mass is 298 g/mol. The topological polar surface area (TPSA) is 24.1 Å². The Balaban J connectivity index is 2.18. The van der Waals surface area contributed by atoms with Crippen molar-refractivity contribution in [3.63, 3.8) is 0 Å². The fraction of sp³-hybridized carbons (Fsp3) is 0.278. The molecule has 0 saturated carbocycles. The summed E-state index contributed by atoms with van der Waals surface area (Å²) in [5.41, 5.74) is 5.96. The molecule has 0 bridgehead atoms. The molecule has 0 atom stereocenters. The predicted molar refractivity (Wildman–Crippen MR) is 96.2 cm³/mol. The molecule has 3 heteroatoms. The number of nitrogens with one attached hydrogen (secondary N) is 2. The van der Waals surface area contributed by atoms with Gasteiger partial charge in [0.15, 0.2) is 5.11 Å². The van der Waals surface area contributed by atoms with E-state index in [4.69, 9.17) is 12.2 Å². The molecule has 0 heterocycles. The van der Waals surface area contributed by atoms with Crippen LogP contribution in [0.5, 0.6) is 0 Å². The number of hydrogen-bond acceptors (Lipinski definition) is 1. The van der Waals surface area contributed by atoms with Gasteiger partial charge in [0.25, 0.3) is 0 Å². The van der Waals surface area contributed by atoms with Gasteiger partial charge in [-0.15, -0.1) is 0 Å². The van der Waals surface area contributed by atoms with Crippen LogP contribution >= 0.6 is 12.2 Å². The van der Waals surface area contributed by atoms with Crippen molar-refractivity contribution in [1.29, 1.82) is 0 Å². The van der Waals surface area contributed by atoms with Crippen LogP contribution in [0.15, 0.2) is 42.5 Å². The summed E-state index contributed by atoms with van der Waals surface area (Å²) in [6.45, 7) is 6.40. The summed E-state index contributed by atoms with van der Waals surface area (Å²) in [6.07, 6.45) is 1.98. The van der Waals surface area contributed by atoms with Gasteiger partial charge in [-0.25, -0.2) is 0 Å². The Morgan fingerprint density at radius 3 is 2.10 bits per heavy atom. The van der Waals surface area contributed by atoms with Crippen molar-refractivity contribution in [1.82, 2.24) is 0 Å². The van der Waals surface area contributed by atoms with E-state index in [0.29, 0.717) is 5.11 Å². The number of rotatable bonds is 4.